The summed E-state index contributed by atoms with van der Waals surface area (Å²) >= 11 is 25.5. The number of hydrogen-bond acceptors (Lipinski definition) is 2. The summed E-state index contributed by atoms with van der Waals surface area (Å²) in [7, 11) is 0. The van der Waals surface area contributed by atoms with Gasteiger partial charge in [0.15, 0.2) is 5.11 Å². The van der Waals surface area contributed by atoms with E-state index in [1.165, 1.54) is 0 Å². The number of amides is 1. The Morgan fingerprint density at radius 3 is 2.63 bits per heavy atom. The van der Waals surface area contributed by atoms with Crippen LogP contribution in [0, 0.1) is 0 Å². The van der Waals surface area contributed by atoms with Crippen LogP contribution in [0.2, 0.25) is 0 Å². The maximum Gasteiger partial charge on any atom is 0.228 e. The van der Waals surface area contributed by atoms with Gasteiger partial charge in [-0.2, -0.15) is 0 Å². The van der Waals surface area contributed by atoms with E-state index in [2.05, 4.69) is 31.9 Å². The van der Waals surface area contributed by atoms with Crippen LogP contribution in [-0.2, 0) is 4.79 Å². The van der Waals surface area contributed by atoms with E-state index in [4.69, 9.17) is 47.0 Å². The van der Waals surface area contributed by atoms with Gasteiger partial charge in [0.05, 0.1) is 0 Å². The Bertz CT molecular complexity index is 470. The van der Waals surface area contributed by atoms with Crippen LogP contribution in [0.25, 0.3) is 0 Å². The quantitative estimate of drug-likeness (QED) is 0.312. The molecule has 0 bridgehead atoms. The number of nitrogens with one attached hydrogen (secondary N) is 3. The number of rotatable bonds is 4. The molecule has 1 amide bonds. The third-order valence-electron chi connectivity index (χ3n) is 1.92. The Morgan fingerprint density at radius 1 is 1.42 bits per heavy atom. The second-order valence-electron chi connectivity index (χ2n) is 3.37. The van der Waals surface area contributed by atoms with Crippen molar-refractivity contribution >= 4 is 80.2 Å². The molecule has 104 valence electrons. The number of alkyl halides is 3. The van der Waals surface area contributed by atoms with Crippen LogP contribution in [0.3, 0.4) is 0 Å². The monoisotopic (exact) mass is 403 g/mol. The van der Waals surface area contributed by atoms with Crippen molar-refractivity contribution in [3.63, 3.8) is 0 Å². The van der Waals surface area contributed by atoms with Gasteiger partial charge >= 0.3 is 0 Å². The van der Waals surface area contributed by atoms with Crippen LogP contribution in [-0.4, -0.2) is 21.5 Å². The number of benzene rings is 1. The predicted octanol–water partition coefficient (Wildman–Crippen LogP) is 3.18. The second-order valence-corrected chi connectivity index (χ2v) is 7.06. The van der Waals surface area contributed by atoms with Crippen molar-refractivity contribution in [1.82, 2.24) is 10.6 Å². The average Bonchev–Trinajstić information content (AvgIpc) is 2.27. The molecule has 1 rings (SSSR count). The molecule has 0 radical (unpaired) electrons. The summed E-state index contributed by atoms with van der Waals surface area (Å²) in [5.74, 6) is 0. The smallest absolute Gasteiger partial charge is 0.228 e. The van der Waals surface area contributed by atoms with Crippen molar-refractivity contribution in [2.24, 2.45) is 0 Å². The molecule has 0 aliphatic heterocycles. The highest BCUT2D eigenvalue weighted by Gasteiger charge is 2.32. The number of carbonyl (C=O) groups excluding carboxylic acids is 1. The highest BCUT2D eigenvalue weighted by Crippen LogP contribution is 2.28. The van der Waals surface area contributed by atoms with Gasteiger partial charge in [-0.05, 0) is 30.4 Å². The first-order valence-corrected chi connectivity index (χ1v) is 7.26. The van der Waals surface area contributed by atoms with Crippen LogP contribution in [0.5, 0.6) is 0 Å². The summed E-state index contributed by atoms with van der Waals surface area (Å²) in [6, 6.07) is 7.35. The number of hydrogen-bond donors (Lipinski definition) is 3. The second kappa shape index (κ2) is 7.50. The van der Waals surface area contributed by atoms with Gasteiger partial charge in [-0.3, -0.25) is 4.79 Å². The molecule has 0 aliphatic carbocycles. The molecule has 4 nitrogen and oxygen atoms in total. The van der Waals surface area contributed by atoms with Crippen LogP contribution < -0.4 is 16.0 Å². The van der Waals surface area contributed by atoms with Crippen molar-refractivity contribution in [2.75, 3.05) is 5.32 Å². The third-order valence-corrected chi connectivity index (χ3v) is 3.29. The first kappa shape index (κ1) is 16.8. The summed E-state index contributed by atoms with van der Waals surface area (Å²) in [5.41, 5.74) is 0.751. The fourth-order valence-electron chi connectivity index (χ4n) is 1.15. The van der Waals surface area contributed by atoms with Crippen LogP contribution in [0.15, 0.2) is 28.7 Å². The topological polar surface area (TPSA) is 53.2 Å². The van der Waals surface area contributed by atoms with Crippen molar-refractivity contribution in [3.05, 3.63) is 28.7 Å². The van der Waals surface area contributed by atoms with E-state index in [0.29, 0.717) is 6.41 Å². The van der Waals surface area contributed by atoms with Crippen molar-refractivity contribution in [3.8, 4) is 0 Å². The lowest BCUT2D eigenvalue weighted by atomic mass is 10.3. The zero-order valence-corrected chi connectivity index (χ0v) is 14.0. The first-order valence-electron chi connectivity index (χ1n) is 4.92. The SMILES string of the molecule is O=CN[C@@H](NC(=S)Nc1cccc(Br)c1)C(Cl)(Cl)Cl. The van der Waals surface area contributed by atoms with Crippen LogP contribution >= 0.6 is 63.0 Å². The lowest BCUT2D eigenvalue weighted by Crippen LogP contribution is -2.53. The van der Waals surface area contributed by atoms with Crippen LogP contribution in [0.1, 0.15) is 0 Å². The van der Waals surface area contributed by atoms with Gasteiger partial charge < -0.3 is 16.0 Å². The van der Waals surface area contributed by atoms with Gasteiger partial charge in [-0.15, -0.1) is 0 Å². The Balaban J connectivity index is 2.65. The molecule has 0 heterocycles. The van der Waals surface area contributed by atoms with E-state index in [9.17, 15) is 4.79 Å². The molecule has 0 saturated heterocycles. The Labute approximate surface area is 139 Å². The van der Waals surface area contributed by atoms with Gasteiger partial charge in [-0.1, -0.05) is 56.8 Å². The fraction of sp³-hybridized carbons (Fsp3) is 0.200. The summed E-state index contributed by atoms with van der Waals surface area (Å²) in [6.07, 6.45) is -0.525. The maximum atomic E-state index is 10.4. The van der Waals surface area contributed by atoms with Crippen molar-refractivity contribution in [1.29, 1.82) is 0 Å². The number of anilines is 1. The van der Waals surface area contributed by atoms with Crippen molar-refractivity contribution < 1.29 is 4.79 Å². The molecule has 19 heavy (non-hydrogen) atoms. The first-order chi connectivity index (χ1) is 8.82. The maximum absolute atomic E-state index is 10.4. The predicted molar refractivity (Wildman–Crippen MR) is 86.8 cm³/mol. The number of halogens is 4. The molecule has 3 N–H and O–H groups in total. The van der Waals surface area contributed by atoms with Gasteiger partial charge in [0.2, 0.25) is 10.2 Å². The summed E-state index contributed by atoms with van der Waals surface area (Å²) in [6.45, 7) is 0. The van der Waals surface area contributed by atoms with Gasteiger partial charge in [-0.25, -0.2) is 0 Å². The van der Waals surface area contributed by atoms with Crippen LogP contribution in [0.4, 0.5) is 5.69 Å². The highest BCUT2D eigenvalue weighted by molar-refractivity contribution is 9.10. The zero-order valence-electron chi connectivity index (χ0n) is 9.29. The largest absolute Gasteiger partial charge is 0.339 e. The van der Waals surface area contributed by atoms with E-state index in [1.54, 1.807) is 0 Å². The standard InChI is InChI=1S/C10H9BrCl3N3OS/c11-6-2-1-3-7(4-6)16-9(19)17-8(15-5-18)10(12,13)14/h1-5,8H,(H,15,18)(H2,16,17,19)/t8-/m0/s1. The molecular weight excluding hydrogens is 396 g/mol. The Morgan fingerprint density at radius 2 is 2.11 bits per heavy atom. The van der Waals surface area contributed by atoms with Gasteiger partial charge in [0, 0.05) is 10.2 Å². The van der Waals surface area contributed by atoms with E-state index in [0.717, 1.165) is 10.2 Å². The van der Waals surface area contributed by atoms with Gasteiger partial charge in [0.25, 0.3) is 0 Å². The minimum Gasteiger partial charge on any atom is -0.339 e. The minimum absolute atomic E-state index is 0.212. The molecule has 0 unspecified atom stereocenters. The van der Waals surface area contributed by atoms with E-state index in [1.807, 2.05) is 24.3 Å². The third kappa shape index (κ3) is 6.14. The van der Waals surface area contributed by atoms with E-state index >= 15 is 0 Å². The molecule has 0 fully saturated rings. The average molecular weight is 406 g/mol. The summed E-state index contributed by atoms with van der Waals surface area (Å²) < 4.78 is -0.839. The molecule has 9 heteroatoms. The van der Waals surface area contributed by atoms with E-state index < -0.39 is 9.96 Å². The van der Waals surface area contributed by atoms with Crippen molar-refractivity contribution in [2.45, 2.75) is 9.96 Å². The Kier molecular flexibility index (Phi) is 6.62. The minimum atomic E-state index is -1.73. The molecular formula is C10H9BrCl3N3OS. The molecule has 0 saturated carbocycles. The number of carbonyl (C=O) groups is 1. The molecule has 0 aromatic heterocycles. The summed E-state index contributed by atoms with van der Waals surface area (Å²) in [5, 5.41) is 8.13. The van der Waals surface area contributed by atoms with Gasteiger partial charge in [0.1, 0.15) is 6.17 Å². The molecule has 1 aromatic carbocycles. The molecule has 1 atom stereocenters. The summed E-state index contributed by atoms with van der Waals surface area (Å²) in [4.78, 5) is 10.4. The van der Waals surface area contributed by atoms with E-state index in [-0.39, 0.29) is 5.11 Å². The molecule has 1 aromatic rings. The Hall–Kier alpha value is -0.270. The normalized spacial score (nSPS) is 12.4. The lowest BCUT2D eigenvalue weighted by molar-refractivity contribution is -0.110. The molecule has 0 spiro atoms. The number of thiocarbonyl (C=S) groups is 1. The molecule has 0 aliphatic rings. The fourth-order valence-corrected chi connectivity index (χ4v) is 2.14. The lowest BCUT2D eigenvalue weighted by Gasteiger charge is -2.26. The zero-order chi connectivity index (χ0) is 14.5. The highest BCUT2D eigenvalue weighted by atomic mass is 79.9.